The van der Waals surface area contributed by atoms with Crippen LogP contribution in [0.25, 0.3) is 0 Å². The summed E-state index contributed by atoms with van der Waals surface area (Å²) in [5.74, 6) is 1.05. The van der Waals surface area contributed by atoms with Crippen molar-refractivity contribution >= 4 is 11.5 Å². The first kappa shape index (κ1) is 15.8. The van der Waals surface area contributed by atoms with Gasteiger partial charge in [-0.1, -0.05) is 41.5 Å². The van der Waals surface area contributed by atoms with E-state index in [9.17, 15) is 10.1 Å². The lowest BCUT2D eigenvalue weighted by molar-refractivity contribution is -0.384. The molecule has 0 amide bonds. The van der Waals surface area contributed by atoms with E-state index in [1.807, 2.05) is 13.8 Å². The molecule has 0 spiro atoms. The first-order valence-corrected chi connectivity index (χ1v) is 7.47. The molecule has 1 N–H and O–H groups in total. The number of hydrogen-bond acceptors (Lipinski definition) is 4. The average molecular weight is 294 g/mol. The molecular formula is C15H26N4O2. The molecule has 6 heteroatoms. The molecule has 0 atom stereocenters. The van der Waals surface area contributed by atoms with Crippen molar-refractivity contribution in [1.82, 2.24) is 9.78 Å². The zero-order valence-electron chi connectivity index (χ0n) is 14.0. The van der Waals surface area contributed by atoms with Crippen molar-refractivity contribution in [2.24, 2.45) is 23.8 Å². The van der Waals surface area contributed by atoms with Crippen molar-refractivity contribution in [2.75, 3.05) is 11.9 Å². The van der Waals surface area contributed by atoms with Gasteiger partial charge in [-0.05, 0) is 16.7 Å². The highest BCUT2D eigenvalue weighted by atomic mass is 16.6. The number of nitrogens with zero attached hydrogens (tertiary/aromatic N) is 3. The van der Waals surface area contributed by atoms with E-state index in [0.717, 1.165) is 6.54 Å². The van der Waals surface area contributed by atoms with Crippen LogP contribution < -0.4 is 5.32 Å². The fourth-order valence-corrected chi connectivity index (χ4v) is 3.34. The van der Waals surface area contributed by atoms with Gasteiger partial charge in [0.05, 0.1) is 4.92 Å². The lowest BCUT2D eigenvalue weighted by Gasteiger charge is -2.07. The fourth-order valence-electron chi connectivity index (χ4n) is 3.34. The van der Waals surface area contributed by atoms with Crippen LogP contribution in [0.5, 0.6) is 0 Å². The van der Waals surface area contributed by atoms with Crippen LogP contribution in [0.4, 0.5) is 11.5 Å². The van der Waals surface area contributed by atoms with Gasteiger partial charge in [0, 0.05) is 19.5 Å². The van der Waals surface area contributed by atoms with Gasteiger partial charge < -0.3 is 5.32 Å². The summed E-state index contributed by atoms with van der Waals surface area (Å²) in [6.45, 7) is 13.6. The number of hydrogen-bond donors (Lipinski definition) is 1. The second kappa shape index (κ2) is 4.71. The third-order valence-electron chi connectivity index (χ3n) is 5.57. The van der Waals surface area contributed by atoms with Crippen molar-refractivity contribution in [3.63, 3.8) is 0 Å². The van der Waals surface area contributed by atoms with Gasteiger partial charge in [0.2, 0.25) is 5.82 Å². The van der Waals surface area contributed by atoms with Gasteiger partial charge in [0.15, 0.2) is 0 Å². The smallest absolute Gasteiger partial charge is 0.334 e. The topological polar surface area (TPSA) is 73.0 Å². The molecule has 0 radical (unpaired) electrons. The predicted molar refractivity (Wildman–Crippen MR) is 83.5 cm³/mol. The molecule has 1 fully saturated rings. The Morgan fingerprint density at radius 2 is 1.86 bits per heavy atom. The zero-order valence-corrected chi connectivity index (χ0v) is 14.0. The highest BCUT2D eigenvalue weighted by Gasteiger charge is 2.64. The summed E-state index contributed by atoms with van der Waals surface area (Å²) in [6, 6.07) is 0. The van der Waals surface area contributed by atoms with Crippen molar-refractivity contribution in [3.8, 4) is 0 Å². The van der Waals surface area contributed by atoms with Crippen LogP contribution in [0.15, 0.2) is 0 Å². The zero-order chi connectivity index (χ0) is 16.2. The van der Waals surface area contributed by atoms with Crippen LogP contribution in [0.3, 0.4) is 0 Å². The highest BCUT2D eigenvalue weighted by Crippen LogP contribution is 2.68. The molecule has 0 unspecified atom stereocenters. The van der Waals surface area contributed by atoms with E-state index in [1.54, 1.807) is 11.7 Å². The molecule has 1 aliphatic rings. The third-order valence-corrected chi connectivity index (χ3v) is 5.57. The lowest BCUT2D eigenvalue weighted by Crippen LogP contribution is -2.12. The number of aryl methyl sites for hydroxylation is 1. The molecule has 0 bridgehead atoms. The van der Waals surface area contributed by atoms with Gasteiger partial charge >= 0.3 is 5.69 Å². The summed E-state index contributed by atoms with van der Waals surface area (Å²) >= 11 is 0. The largest absolute Gasteiger partial charge is 0.364 e. The second-order valence-corrected chi connectivity index (χ2v) is 7.49. The van der Waals surface area contributed by atoms with Crippen LogP contribution in [0, 0.1) is 26.9 Å². The molecule has 0 saturated heterocycles. The maximum Gasteiger partial charge on any atom is 0.334 e. The second-order valence-electron chi connectivity index (χ2n) is 7.49. The first-order chi connectivity index (χ1) is 9.51. The van der Waals surface area contributed by atoms with E-state index < -0.39 is 0 Å². The molecule has 0 aromatic carbocycles. The molecule has 1 aliphatic carbocycles. The normalized spacial score (nSPS) is 19.8. The minimum atomic E-state index is -0.326. The lowest BCUT2D eigenvalue weighted by atomic mass is 10.0. The number of nitrogens with one attached hydrogen (secondary N) is 1. The molecular weight excluding hydrogens is 268 g/mol. The Balaban J connectivity index is 2.24. The Kier molecular flexibility index (Phi) is 3.54. The van der Waals surface area contributed by atoms with Crippen molar-refractivity contribution < 1.29 is 4.92 Å². The van der Waals surface area contributed by atoms with Crippen molar-refractivity contribution in [1.29, 1.82) is 0 Å². The number of nitro groups is 1. The van der Waals surface area contributed by atoms with E-state index in [2.05, 4.69) is 38.1 Å². The minimum Gasteiger partial charge on any atom is -0.364 e. The molecule has 1 aromatic rings. The molecule has 118 valence electrons. The summed E-state index contributed by atoms with van der Waals surface area (Å²) in [7, 11) is 1.75. The van der Waals surface area contributed by atoms with Crippen LogP contribution in [0.2, 0.25) is 0 Å². The van der Waals surface area contributed by atoms with Crippen molar-refractivity contribution in [3.05, 3.63) is 15.8 Å². The molecule has 6 nitrogen and oxygen atoms in total. The summed E-state index contributed by atoms with van der Waals surface area (Å²) < 4.78 is 1.59. The maximum absolute atomic E-state index is 11.4. The van der Waals surface area contributed by atoms with E-state index in [0.29, 0.717) is 17.4 Å². The average Bonchev–Trinajstić information content (AvgIpc) is 2.64. The van der Waals surface area contributed by atoms with Gasteiger partial charge in [-0.2, -0.15) is 5.10 Å². The fraction of sp³-hybridized carbons (Fsp3) is 0.800. The van der Waals surface area contributed by atoms with Gasteiger partial charge in [0.1, 0.15) is 5.69 Å². The van der Waals surface area contributed by atoms with E-state index >= 15 is 0 Å². The Hall–Kier alpha value is -1.59. The van der Waals surface area contributed by atoms with Gasteiger partial charge in [-0.3, -0.25) is 10.1 Å². The number of aromatic nitrogens is 2. The summed E-state index contributed by atoms with van der Waals surface area (Å²) in [6.07, 6.45) is 0. The van der Waals surface area contributed by atoms with Crippen LogP contribution >= 0.6 is 0 Å². The predicted octanol–water partition coefficient (Wildman–Crippen LogP) is 3.55. The molecule has 1 saturated carbocycles. The van der Waals surface area contributed by atoms with E-state index in [4.69, 9.17) is 0 Å². The SMILES string of the molecule is CC(C)c1nn(C)c(NCC2C(C)(C)C2(C)C)c1[N+](=O)[O-]. The molecule has 1 heterocycles. The maximum atomic E-state index is 11.4. The van der Waals surface area contributed by atoms with Gasteiger partial charge in [-0.25, -0.2) is 4.68 Å². The first-order valence-electron chi connectivity index (χ1n) is 7.47. The van der Waals surface area contributed by atoms with Gasteiger partial charge in [-0.15, -0.1) is 0 Å². The highest BCUT2D eigenvalue weighted by molar-refractivity contribution is 5.60. The summed E-state index contributed by atoms with van der Waals surface area (Å²) in [5.41, 5.74) is 1.17. The number of rotatable bonds is 5. The van der Waals surface area contributed by atoms with Gasteiger partial charge in [0.25, 0.3) is 0 Å². The molecule has 2 rings (SSSR count). The Labute approximate surface area is 126 Å². The molecule has 0 aliphatic heterocycles. The van der Waals surface area contributed by atoms with Crippen LogP contribution in [-0.2, 0) is 7.05 Å². The van der Waals surface area contributed by atoms with E-state index in [1.165, 1.54) is 0 Å². The van der Waals surface area contributed by atoms with Crippen molar-refractivity contribution in [2.45, 2.75) is 47.5 Å². The Bertz CT molecular complexity index is 558. The summed E-state index contributed by atoms with van der Waals surface area (Å²) in [4.78, 5) is 11.1. The Morgan fingerprint density at radius 3 is 2.24 bits per heavy atom. The number of anilines is 1. The van der Waals surface area contributed by atoms with Crippen LogP contribution in [-0.4, -0.2) is 21.2 Å². The monoisotopic (exact) mass is 294 g/mol. The van der Waals surface area contributed by atoms with Crippen LogP contribution in [0.1, 0.15) is 53.2 Å². The van der Waals surface area contributed by atoms with E-state index in [-0.39, 0.29) is 27.4 Å². The standard InChI is InChI=1S/C15H26N4O2/c1-9(2)11-12(19(20)21)13(18(7)17-11)16-8-10-14(3,4)15(10,5)6/h9-10,16H,8H2,1-7H3. The minimum absolute atomic E-state index is 0.0287. The molecule has 21 heavy (non-hydrogen) atoms. The molecule has 1 aromatic heterocycles. The quantitative estimate of drug-likeness (QED) is 0.666. The summed E-state index contributed by atoms with van der Waals surface area (Å²) in [5, 5.41) is 19.0. The Morgan fingerprint density at radius 1 is 1.33 bits per heavy atom. The third kappa shape index (κ3) is 2.30.